The van der Waals surface area contributed by atoms with E-state index in [1.165, 1.54) is 24.5 Å². The molecule has 0 fully saturated rings. The van der Waals surface area contributed by atoms with Gasteiger partial charge in [0.1, 0.15) is 5.82 Å². The molecule has 5 heteroatoms. The molecule has 2 aromatic rings. The number of hydrogen-bond acceptors (Lipinski definition) is 2. The molecular formula is C12H9ClFNO2. The summed E-state index contributed by atoms with van der Waals surface area (Å²) >= 11 is 5.67. The first-order valence-electron chi connectivity index (χ1n) is 4.88. The molecule has 1 amide bonds. The Morgan fingerprint density at radius 1 is 1.41 bits per heavy atom. The monoisotopic (exact) mass is 253 g/mol. The number of benzene rings is 1. The maximum Gasteiger partial charge on any atom is 0.260 e. The predicted molar refractivity (Wildman–Crippen MR) is 62.8 cm³/mol. The molecule has 2 rings (SSSR count). The molecule has 0 radical (unpaired) electrons. The van der Waals surface area contributed by atoms with Crippen molar-refractivity contribution in [1.82, 2.24) is 0 Å². The van der Waals surface area contributed by atoms with Crippen molar-refractivity contribution in [2.45, 2.75) is 6.92 Å². The number of furan rings is 1. The molecule has 0 aliphatic carbocycles. The van der Waals surface area contributed by atoms with E-state index in [0.29, 0.717) is 11.3 Å². The first kappa shape index (κ1) is 11.7. The number of nitrogens with one attached hydrogen (secondary N) is 1. The van der Waals surface area contributed by atoms with Gasteiger partial charge in [0, 0.05) is 5.69 Å². The number of carbonyl (C=O) groups is 1. The zero-order valence-electron chi connectivity index (χ0n) is 8.96. The van der Waals surface area contributed by atoms with E-state index in [2.05, 4.69) is 5.32 Å². The second-order valence-electron chi connectivity index (χ2n) is 3.53. The van der Waals surface area contributed by atoms with Crippen LogP contribution >= 0.6 is 11.6 Å². The van der Waals surface area contributed by atoms with Crippen LogP contribution in [0.1, 0.15) is 15.9 Å². The lowest BCUT2D eigenvalue weighted by Crippen LogP contribution is -2.11. The van der Waals surface area contributed by atoms with Gasteiger partial charge in [0.05, 0.1) is 11.8 Å². The summed E-state index contributed by atoms with van der Waals surface area (Å²) in [4.78, 5) is 11.7. The fourth-order valence-corrected chi connectivity index (χ4v) is 1.58. The van der Waals surface area contributed by atoms with Gasteiger partial charge in [0.25, 0.3) is 5.91 Å². The highest BCUT2D eigenvalue weighted by molar-refractivity contribution is 6.32. The second-order valence-corrected chi connectivity index (χ2v) is 3.87. The van der Waals surface area contributed by atoms with Gasteiger partial charge in [0.15, 0.2) is 0 Å². The van der Waals surface area contributed by atoms with Crippen molar-refractivity contribution in [3.8, 4) is 0 Å². The van der Waals surface area contributed by atoms with Crippen LogP contribution in [-0.4, -0.2) is 5.91 Å². The van der Waals surface area contributed by atoms with Crippen LogP contribution in [0, 0.1) is 12.7 Å². The molecule has 0 saturated heterocycles. The van der Waals surface area contributed by atoms with Crippen LogP contribution in [0.4, 0.5) is 10.1 Å². The van der Waals surface area contributed by atoms with Crippen LogP contribution in [0.15, 0.2) is 34.9 Å². The van der Waals surface area contributed by atoms with Gasteiger partial charge in [-0.05, 0) is 48.4 Å². The van der Waals surface area contributed by atoms with Gasteiger partial charge in [-0.1, -0.05) is 0 Å². The van der Waals surface area contributed by atoms with Crippen LogP contribution in [-0.2, 0) is 0 Å². The smallest absolute Gasteiger partial charge is 0.260 e. The van der Waals surface area contributed by atoms with E-state index in [1.54, 1.807) is 13.0 Å². The largest absolute Gasteiger partial charge is 0.452 e. The molecule has 0 aliphatic rings. The Morgan fingerprint density at radius 2 is 2.18 bits per heavy atom. The Balaban J connectivity index is 2.19. The second kappa shape index (κ2) is 4.59. The number of carbonyl (C=O) groups excluding carboxylic acids is 1. The van der Waals surface area contributed by atoms with Crippen molar-refractivity contribution < 1.29 is 13.6 Å². The Labute approximate surface area is 102 Å². The Morgan fingerprint density at radius 3 is 2.76 bits per heavy atom. The number of hydrogen-bond donors (Lipinski definition) is 1. The van der Waals surface area contributed by atoms with Gasteiger partial charge in [-0.2, -0.15) is 0 Å². The molecule has 1 N–H and O–H groups in total. The Kier molecular flexibility index (Phi) is 3.15. The normalized spacial score (nSPS) is 10.3. The highest BCUT2D eigenvalue weighted by Crippen LogP contribution is 2.19. The third-order valence-electron chi connectivity index (χ3n) is 2.28. The maximum atomic E-state index is 13.0. The van der Waals surface area contributed by atoms with E-state index in [1.807, 2.05) is 0 Å². The van der Waals surface area contributed by atoms with Crippen molar-refractivity contribution in [1.29, 1.82) is 0 Å². The minimum absolute atomic E-state index is 0.0290. The zero-order chi connectivity index (χ0) is 12.4. The fourth-order valence-electron chi connectivity index (χ4n) is 1.38. The quantitative estimate of drug-likeness (QED) is 0.888. The number of amides is 1. The first-order valence-corrected chi connectivity index (χ1v) is 5.26. The highest BCUT2D eigenvalue weighted by atomic mass is 35.5. The third kappa shape index (κ3) is 2.47. The van der Waals surface area contributed by atoms with Gasteiger partial charge in [-0.3, -0.25) is 4.79 Å². The van der Waals surface area contributed by atoms with Gasteiger partial charge in [-0.15, -0.1) is 0 Å². The topological polar surface area (TPSA) is 42.2 Å². The molecule has 0 bridgehead atoms. The van der Waals surface area contributed by atoms with Crippen LogP contribution in [0.25, 0.3) is 0 Å². The molecule has 0 saturated carbocycles. The minimum Gasteiger partial charge on any atom is -0.452 e. The summed E-state index contributed by atoms with van der Waals surface area (Å²) in [7, 11) is 0. The van der Waals surface area contributed by atoms with E-state index < -0.39 is 5.91 Å². The van der Waals surface area contributed by atoms with Gasteiger partial charge >= 0.3 is 0 Å². The number of halogens is 2. The lowest BCUT2D eigenvalue weighted by atomic mass is 10.2. The number of rotatable bonds is 2. The molecule has 0 unspecified atom stereocenters. The molecule has 0 atom stereocenters. The summed E-state index contributed by atoms with van der Waals surface area (Å²) in [5.41, 5.74) is 1.21. The van der Waals surface area contributed by atoms with Crippen molar-refractivity contribution in [3.05, 3.63) is 52.7 Å². The fraction of sp³-hybridized carbons (Fsp3) is 0.0833. The average molecular weight is 254 g/mol. The number of aryl methyl sites for hydroxylation is 1. The highest BCUT2D eigenvalue weighted by Gasteiger charge is 2.13. The van der Waals surface area contributed by atoms with Crippen LogP contribution < -0.4 is 5.32 Å². The first-order chi connectivity index (χ1) is 8.08. The zero-order valence-corrected chi connectivity index (χ0v) is 9.72. The molecule has 0 aliphatic heterocycles. The van der Waals surface area contributed by atoms with Crippen molar-refractivity contribution in [3.63, 3.8) is 0 Å². The molecule has 3 nitrogen and oxygen atoms in total. The Hall–Kier alpha value is -1.81. The summed E-state index contributed by atoms with van der Waals surface area (Å²) in [5.74, 6) is -0.709. The van der Waals surface area contributed by atoms with E-state index in [0.717, 1.165) is 0 Å². The van der Waals surface area contributed by atoms with Crippen LogP contribution in [0.3, 0.4) is 0 Å². The molecule has 88 valence electrons. The summed E-state index contributed by atoms with van der Waals surface area (Å²) in [6.07, 6.45) is 1.33. The molecule has 1 aromatic heterocycles. The van der Waals surface area contributed by atoms with Crippen molar-refractivity contribution >= 4 is 23.2 Å². The minimum atomic E-state index is -0.394. The van der Waals surface area contributed by atoms with Crippen molar-refractivity contribution in [2.75, 3.05) is 5.32 Å². The van der Waals surface area contributed by atoms with Crippen molar-refractivity contribution in [2.24, 2.45) is 0 Å². The lowest BCUT2D eigenvalue weighted by molar-refractivity contribution is 0.102. The van der Waals surface area contributed by atoms with Crippen LogP contribution in [0.2, 0.25) is 5.22 Å². The molecule has 1 aromatic carbocycles. The molecule has 17 heavy (non-hydrogen) atoms. The van der Waals surface area contributed by atoms with Crippen LogP contribution in [0.5, 0.6) is 0 Å². The SMILES string of the molecule is Cc1cc(NC(=O)c2ccoc2Cl)ccc1F. The molecule has 0 spiro atoms. The maximum absolute atomic E-state index is 13.0. The van der Waals surface area contributed by atoms with Gasteiger partial charge in [-0.25, -0.2) is 4.39 Å². The van der Waals surface area contributed by atoms with E-state index >= 15 is 0 Å². The predicted octanol–water partition coefficient (Wildman–Crippen LogP) is 3.63. The lowest BCUT2D eigenvalue weighted by Gasteiger charge is -2.05. The number of anilines is 1. The summed E-state index contributed by atoms with van der Waals surface area (Å²) in [6.45, 7) is 1.62. The summed E-state index contributed by atoms with van der Waals surface area (Å²) in [6, 6.07) is 5.78. The molecular weight excluding hydrogens is 245 g/mol. The van der Waals surface area contributed by atoms with E-state index in [4.69, 9.17) is 16.0 Å². The summed E-state index contributed by atoms with van der Waals surface area (Å²) in [5, 5.41) is 2.63. The standard InChI is InChI=1S/C12H9ClFNO2/c1-7-6-8(2-3-10(7)14)15-12(16)9-4-5-17-11(9)13/h2-6H,1H3,(H,15,16). The third-order valence-corrected chi connectivity index (χ3v) is 2.57. The van der Waals surface area contributed by atoms with Gasteiger partial charge < -0.3 is 9.73 Å². The van der Waals surface area contributed by atoms with E-state index in [-0.39, 0.29) is 16.6 Å². The average Bonchev–Trinajstić information content (AvgIpc) is 2.70. The van der Waals surface area contributed by atoms with Gasteiger partial charge in [0.2, 0.25) is 5.22 Å². The summed E-state index contributed by atoms with van der Waals surface area (Å²) < 4.78 is 17.8. The Bertz CT molecular complexity index is 565. The van der Waals surface area contributed by atoms with E-state index in [9.17, 15) is 9.18 Å². The molecule has 1 heterocycles.